The third-order valence-corrected chi connectivity index (χ3v) is 3.65. The van der Waals surface area contributed by atoms with Crippen LogP contribution in [0.25, 0.3) is 0 Å². The summed E-state index contributed by atoms with van der Waals surface area (Å²) >= 11 is 8.06. The van der Waals surface area contributed by atoms with Gasteiger partial charge in [-0.2, -0.15) is 13.2 Å². The molecule has 0 aliphatic carbocycles. The highest BCUT2D eigenvalue weighted by Crippen LogP contribution is 2.34. The van der Waals surface area contributed by atoms with Crippen LogP contribution in [-0.4, -0.2) is 4.99 Å². The maximum atomic E-state index is 12.9. The Bertz CT molecular complexity index is 686. The summed E-state index contributed by atoms with van der Waals surface area (Å²) in [6.45, 7) is 0. The van der Waals surface area contributed by atoms with Crippen molar-refractivity contribution in [2.45, 2.75) is 6.18 Å². The highest BCUT2D eigenvalue weighted by molar-refractivity contribution is 9.10. The molecular weight excluding hydrogens is 365 g/mol. The van der Waals surface area contributed by atoms with Gasteiger partial charge in [0.1, 0.15) is 4.99 Å². The summed E-state index contributed by atoms with van der Waals surface area (Å²) in [6.07, 6.45) is -4.50. The van der Waals surface area contributed by atoms with Crippen molar-refractivity contribution in [1.82, 2.24) is 0 Å². The van der Waals surface area contributed by atoms with Gasteiger partial charge in [0.05, 0.1) is 11.3 Å². The zero-order valence-corrected chi connectivity index (χ0v) is 12.9. The average Bonchev–Trinajstić information content (AvgIpc) is 2.40. The molecule has 0 heterocycles. The number of halogens is 4. The number of hydrogen-bond donors (Lipinski definition) is 2. The maximum Gasteiger partial charge on any atom is 0.417 e. The lowest BCUT2D eigenvalue weighted by Crippen LogP contribution is -2.18. The first-order valence-corrected chi connectivity index (χ1v) is 7.02. The lowest BCUT2D eigenvalue weighted by Gasteiger charge is -2.15. The normalized spacial score (nSPS) is 11.2. The molecule has 2 rings (SSSR count). The number of rotatable bonds is 3. The molecule has 0 bridgehead atoms. The van der Waals surface area contributed by atoms with Gasteiger partial charge in [-0.25, -0.2) is 0 Å². The molecule has 0 aromatic heterocycles. The van der Waals surface area contributed by atoms with E-state index in [4.69, 9.17) is 18.0 Å². The Morgan fingerprint density at radius 1 is 1.14 bits per heavy atom. The predicted octanol–water partition coefficient (Wildman–Crippen LogP) is 4.85. The Hall–Kier alpha value is -1.60. The highest BCUT2D eigenvalue weighted by atomic mass is 79.9. The van der Waals surface area contributed by atoms with E-state index >= 15 is 0 Å². The van der Waals surface area contributed by atoms with Crippen molar-refractivity contribution in [3.05, 3.63) is 58.1 Å². The molecule has 0 aliphatic rings. The zero-order chi connectivity index (χ0) is 15.6. The van der Waals surface area contributed by atoms with Crippen LogP contribution in [0, 0.1) is 0 Å². The summed E-state index contributed by atoms with van der Waals surface area (Å²) in [5.74, 6) is 0. The van der Waals surface area contributed by atoms with E-state index in [0.29, 0.717) is 5.69 Å². The van der Waals surface area contributed by atoms with Gasteiger partial charge in [-0.05, 0) is 46.3 Å². The van der Waals surface area contributed by atoms with Crippen molar-refractivity contribution >= 4 is 44.5 Å². The SMILES string of the molecule is NC(=S)c1cc(Nc2ccccc2Br)ccc1C(F)(F)F. The van der Waals surface area contributed by atoms with E-state index in [-0.39, 0.29) is 10.6 Å². The van der Waals surface area contributed by atoms with Crippen LogP contribution < -0.4 is 11.1 Å². The second-order valence-electron chi connectivity index (χ2n) is 4.23. The average molecular weight is 375 g/mol. The number of nitrogens with two attached hydrogens (primary N) is 1. The molecule has 21 heavy (non-hydrogen) atoms. The van der Waals surface area contributed by atoms with Crippen molar-refractivity contribution < 1.29 is 13.2 Å². The first-order valence-electron chi connectivity index (χ1n) is 5.81. The zero-order valence-electron chi connectivity index (χ0n) is 10.5. The first kappa shape index (κ1) is 15.8. The van der Waals surface area contributed by atoms with Crippen molar-refractivity contribution in [3.63, 3.8) is 0 Å². The van der Waals surface area contributed by atoms with Crippen LogP contribution in [0.1, 0.15) is 11.1 Å². The van der Waals surface area contributed by atoms with Crippen LogP contribution in [0.2, 0.25) is 0 Å². The van der Waals surface area contributed by atoms with Crippen LogP contribution in [0.15, 0.2) is 46.9 Å². The lowest BCUT2D eigenvalue weighted by molar-refractivity contribution is -0.137. The standard InChI is InChI=1S/C14H10BrF3N2S/c15-11-3-1-2-4-12(11)20-8-5-6-10(14(16,17)18)9(7-8)13(19)21/h1-7,20H,(H2,19,21). The summed E-state index contributed by atoms with van der Waals surface area (Å²) in [5.41, 5.74) is 5.56. The Morgan fingerprint density at radius 3 is 2.38 bits per heavy atom. The molecule has 0 aliphatic heterocycles. The monoisotopic (exact) mass is 374 g/mol. The molecule has 0 fully saturated rings. The third kappa shape index (κ3) is 3.74. The van der Waals surface area contributed by atoms with Crippen molar-refractivity contribution in [2.75, 3.05) is 5.32 Å². The van der Waals surface area contributed by atoms with Crippen LogP contribution in [0.3, 0.4) is 0 Å². The molecule has 0 saturated carbocycles. The Balaban J connectivity index is 2.42. The number of anilines is 2. The number of thiocarbonyl (C=S) groups is 1. The summed E-state index contributed by atoms with van der Waals surface area (Å²) in [6, 6.07) is 10.9. The molecule has 0 atom stereocenters. The second-order valence-corrected chi connectivity index (χ2v) is 5.52. The van der Waals surface area contributed by atoms with Crippen LogP contribution in [0.5, 0.6) is 0 Å². The molecule has 0 spiro atoms. The number of hydrogen-bond acceptors (Lipinski definition) is 2. The molecule has 0 radical (unpaired) electrons. The van der Waals surface area contributed by atoms with Gasteiger partial charge in [0, 0.05) is 15.7 Å². The van der Waals surface area contributed by atoms with Gasteiger partial charge in [-0.15, -0.1) is 0 Å². The molecule has 7 heteroatoms. The van der Waals surface area contributed by atoms with E-state index in [2.05, 4.69) is 21.2 Å². The first-order chi connectivity index (χ1) is 9.79. The molecule has 2 aromatic rings. The van der Waals surface area contributed by atoms with Crippen molar-refractivity contribution in [2.24, 2.45) is 5.73 Å². The summed E-state index contributed by atoms with van der Waals surface area (Å²) in [5, 5.41) is 3.02. The number of alkyl halides is 3. The molecule has 110 valence electrons. The van der Waals surface area contributed by atoms with Gasteiger partial charge in [-0.1, -0.05) is 24.4 Å². The molecule has 0 saturated heterocycles. The Morgan fingerprint density at radius 2 is 1.81 bits per heavy atom. The summed E-state index contributed by atoms with van der Waals surface area (Å²) in [4.78, 5) is -0.293. The number of nitrogens with one attached hydrogen (secondary N) is 1. The van der Waals surface area contributed by atoms with Crippen molar-refractivity contribution in [1.29, 1.82) is 0 Å². The fourth-order valence-corrected chi connectivity index (χ4v) is 2.34. The molecule has 2 aromatic carbocycles. The Labute approximate surface area is 133 Å². The molecular formula is C14H10BrF3N2S. The van der Waals surface area contributed by atoms with Crippen LogP contribution in [-0.2, 0) is 6.18 Å². The van der Waals surface area contributed by atoms with E-state index in [1.165, 1.54) is 12.1 Å². The van der Waals surface area contributed by atoms with E-state index in [9.17, 15) is 13.2 Å². The minimum Gasteiger partial charge on any atom is -0.389 e. The minimum atomic E-state index is -4.50. The van der Waals surface area contributed by atoms with Gasteiger partial charge in [0.2, 0.25) is 0 Å². The molecule has 2 nitrogen and oxygen atoms in total. The summed E-state index contributed by atoms with van der Waals surface area (Å²) in [7, 11) is 0. The van der Waals surface area contributed by atoms with Gasteiger partial charge < -0.3 is 11.1 Å². The van der Waals surface area contributed by atoms with E-state index in [1.807, 2.05) is 18.2 Å². The van der Waals surface area contributed by atoms with Gasteiger partial charge in [0.25, 0.3) is 0 Å². The van der Waals surface area contributed by atoms with E-state index in [0.717, 1.165) is 16.2 Å². The van der Waals surface area contributed by atoms with Gasteiger partial charge >= 0.3 is 6.18 Å². The minimum absolute atomic E-state index is 0.199. The predicted molar refractivity (Wildman–Crippen MR) is 84.8 cm³/mol. The molecule has 0 amide bonds. The topological polar surface area (TPSA) is 38.0 Å². The highest BCUT2D eigenvalue weighted by Gasteiger charge is 2.34. The van der Waals surface area contributed by atoms with E-state index in [1.54, 1.807) is 6.07 Å². The summed E-state index contributed by atoms with van der Waals surface area (Å²) < 4.78 is 39.5. The van der Waals surface area contributed by atoms with Gasteiger partial charge in [-0.3, -0.25) is 0 Å². The number of benzene rings is 2. The second kappa shape index (κ2) is 6.03. The van der Waals surface area contributed by atoms with Crippen LogP contribution >= 0.6 is 28.1 Å². The maximum absolute atomic E-state index is 12.9. The third-order valence-electron chi connectivity index (χ3n) is 2.74. The number of para-hydroxylation sites is 1. The Kier molecular flexibility index (Phi) is 4.53. The quantitative estimate of drug-likeness (QED) is 0.754. The molecule has 0 unspecified atom stereocenters. The van der Waals surface area contributed by atoms with Crippen molar-refractivity contribution in [3.8, 4) is 0 Å². The smallest absolute Gasteiger partial charge is 0.389 e. The molecule has 3 N–H and O–H groups in total. The fourth-order valence-electron chi connectivity index (χ4n) is 1.79. The lowest BCUT2D eigenvalue weighted by atomic mass is 10.1. The van der Waals surface area contributed by atoms with Crippen LogP contribution in [0.4, 0.5) is 24.5 Å². The van der Waals surface area contributed by atoms with E-state index < -0.39 is 11.7 Å². The van der Waals surface area contributed by atoms with Gasteiger partial charge in [0.15, 0.2) is 0 Å². The largest absolute Gasteiger partial charge is 0.417 e. The fraction of sp³-hybridized carbons (Fsp3) is 0.0714.